The van der Waals surface area contributed by atoms with Gasteiger partial charge < -0.3 is 14.4 Å². The standard InChI is InChI=1S/C28H28N4O4/c1-4-35-28(34)36-26-19-18-25(23-12-8-9-13-24(23)26)32(22-16-14-21(15-17-22)31(2)3)27(33)30-29-20-10-6-5-7-11-20/h5-19,29H,4H2,1-3H3,(H,30,33). The Morgan fingerprint density at radius 3 is 2.08 bits per heavy atom. The molecule has 184 valence electrons. The summed E-state index contributed by atoms with van der Waals surface area (Å²) in [6.45, 7) is 1.92. The van der Waals surface area contributed by atoms with Crippen molar-refractivity contribution in [2.75, 3.05) is 35.9 Å². The molecule has 0 radical (unpaired) electrons. The molecule has 0 aliphatic rings. The molecule has 0 saturated heterocycles. The van der Waals surface area contributed by atoms with E-state index in [0.29, 0.717) is 22.5 Å². The SMILES string of the molecule is CCOC(=O)Oc1ccc(N(C(=O)NNc2ccccc2)c2ccc(N(C)C)cc2)c2ccccc12. The predicted molar refractivity (Wildman–Crippen MR) is 143 cm³/mol. The molecule has 36 heavy (non-hydrogen) atoms. The predicted octanol–water partition coefficient (Wildman–Crippen LogP) is 6.32. The van der Waals surface area contributed by atoms with E-state index in [4.69, 9.17) is 9.47 Å². The van der Waals surface area contributed by atoms with Crippen LogP contribution in [-0.4, -0.2) is 32.9 Å². The third-order valence-electron chi connectivity index (χ3n) is 5.47. The van der Waals surface area contributed by atoms with Crippen LogP contribution < -0.4 is 25.4 Å². The number of nitrogens with zero attached hydrogens (tertiary/aromatic N) is 2. The molecule has 0 bridgehead atoms. The number of urea groups is 1. The molecule has 0 atom stereocenters. The largest absolute Gasteiger partial charge is 0.513 e. The molecule has 4 aromatic rings. The summed E-state index contributed by atoms with van der Waals surface area (Å²) in [6, 6.07) is 27.5. The van der Waals surface area contributed by atoms with Crippen LogP contribution >= 0.6 is 0 Å². The number of benzene rings is 4. The zero-order valence-electron chi connectivity index (χ0n) is 20.4. The van der Waals surface area contributed by atoms with E-state index in [2.05, 4.69) is 10.9 Å². The highest BCUT2D eigenvalue weighted by molar-refractivity contribution is 6.09. The molecule has 0 heterocycles. The Morgan fingerprint density at radius 1 is 0.778 bits per heavy atom. The number of amides is 2. The highest BCUT2D eigenvalue weighted by Crippen LogP contribution is 2.37. The molecule has 8 heteroatoms. The van der Waals surface area contributed by atoms with Gasteiger partial charge >= 0.3 is 12.2 Å². The smallest absolute Gasteiger partial charge is 0.434 e. The molecule has 4 rings (SSSR count). The Hall–Kier alpha value is -4.72. The van der Waals surface area contributed by atoms with Gasteiger partial charge in [0.2, 0.25) is 0 Å². The van der Waals surface area contributed by atoms with Crippen molar-refractivity contribution in [1.82, 2.24) is 5.43 Å². The van der Waals surface area contributed by atoms with Gasteiger partial charge in [-0.25, -0.2) is 9.59 Å². The van der Waals surface area contributed by atoms with Crippen molar-refractivity contribution in [3.05, 3.63) is 91.0 Å². The van der Waals surface area contributed by atoms with E-state index in [9.17, 15) is 9.59 Å². The first-order valence-corrected chi connectivity index (χ1v) is 11.5. The Labute approximate surface area is 210 Å². The van der Waals surface area contributed by atoms with Crippen LogP contribution in [0.15, 0.2) is 91.0 Å². The van der Waals surface area contributed by atoms with Gasteiger partial charge in [0.15, 0.2) is 0 Å². The third kappa shape index (κ3) is 5.50. The van der Waals surface area contributed by atoms with Crippen molar-refractivity contribution in [1.29, 1.82) is 0 Å². The Bertz CT molecular complexity index is 1340. The lowest BCUT2D eigenvalue weighted by atomic mass is 10.1. The van der Waals surface area contributed by atoms with Gasteiger partial charge in [0, 0.05) is 30.6 Å². The van der Waals surface area contributed by atoms with E-state index in [1.165, 1.54) is 0 Å². The van der Waals surface area contributed by atoms with Gasteiger partial charge in [-0.1, -0.05) is 42.5 Å². The Balaban J connectivity index is 1.76. The number of carbonyl (C=O) groups excluding carboxylic acids is 2. The van der Waals surface area contributed by atoms with E-state index in [-0.39, 0.29) is 12.6 Å². The minimum atomic E-state index is -0.781. The molecule has 2 N–H and O–H groups in total. The number of fused-ring (bicyclic) bond motifs is 1. The van der Waals surface area contributed by atoms with Gasteiger partial charge in [-0.15, -0.1) is 0 Å². The summed E-state index contributed by atoms with van der Waals surface area (Å²) >= 11 is 0. The van der Waals surface area contributed by atoms with Crippen LogP contribution in [-0.2, 0) is 4.74 Å². The average Bonchev–Trinajstić information content (AvgIpc) is 2.90. The molecule has 0 saturated carbocycles. The van der Waals surface area contributed by atoms with Crippen molar-refractivity contribution in [3.8, 4) is 5.75 Å². The summed E-state index contributed by atoms with van der Waals surface area (Å²) in [4.78, 5) is 29.1. The summed E-state index contributed by atoms with van der Waals surface area (Å²) in [5.74, 6) is 0.346. The summed E-state index contributed by atoms with van der Waals surface area (Å²) in [5.41, 5.74) is 8.77. The zero-order valence-corrected chi connectivity index (χ0v) is 20.4. The lowest BCUT2D eigenvalue weighted by Gasteiger charge is -2.26. The highest BCUT2D eigenvalue weighted by Gasteiger charge is 2.22. The van der Waals surface area contributed by atoms with Gasteiger partial charge in [0.25, 0.3) is 0 Å². The lowest BCUT2D eigenvalue weighted by molar-refractivity contribution is 0.105. The minimum Gasteiger partial charge on any atom is -0.434 e. The second-order valence-corrected chi connectivity index (χ2v) is 8.08. The van der Waals surface area contributed by atoms with Gasteiger partial charge in [0.05, 0.1) is 23.7 Å². The fraction of sp³-hybridized carbons (Fsp3) is 0.143. The van der Waals surface area contributed by atoms with Crippen LogP contribution in [0.1, 0.15) is 6.92 Å². The molecule has 0 unspecified atom stereocenters. The molecule has 0 aliphatic carbocycles. The first kappa shape index (κ1) is 24.4. The van der Waals surface area contributed by atoms with Gasteiger partial charge in [0.1, 0.15) is 5.75 Å². The van der Waals surface area contributed by atoms with Gasteiger partial charge in [-0.2, -0.15) is 0 Å². The molecule has 2 amide bonds. The Morgan fingerprint density at radius 2 is 1.42 bits per heavy atom. The van der Waals surface area contributed by atoms with Gasteiger partial charge in [-0.05, 0) is 55.5 Å². The van der Waals surface area contributed by atoms with E-state index in [0.717, 1.165) is 16.8 Å². The van der Waals surface area contributed by atoms with Crippen molar-refractivity contribution < 1.29 is 19.1 Å². The number of carbonyl (C=O) groups is 2. The van der Waals surface area contributed by atoms with E-state index in [1.54, 1.807) is 24.0 Å². The maximum atomic E-state index is 13.6. The quantitative estimate of drug-likeness (QED) is 0.182. The van der Waals surface area contributed by atoms with Crippen LogP contribution in [0, 0.1) is 0 Å². The number of rotatable bonds is 7. The number of hydrazine groups is 1. The number of hydrogen-bond donors (Lipinski definition) is 2. The van der Waals surface area contributed by atoms with Crippen molar-refractivity contribution >= 4 is 45.7 Å². The van der Waals surface area contributed by atoms with Crippen LogP contribution in [0.25, 0.3) is 10.8 Å². The highest BCUT2D eigenvalue weighted by atomic mass is 16.7. The molecule has 4 aromatic carbocycles. The first-order valence-electron chi connectivity index (χ1n) is 11.5. The number of ether oxygens (including phenoxy) is 2. The maximum Gasteiger partial charge on any atom is 0.513 e. The van der Waals surface area contributed by atoms with E-state index in [1.807, 2.05) is 97.9 Å². The Kier molecular flexibility index (Phi) is 7.55. The molecule has 0 aromatic heterocycles. The number of nitrogens with one attached hydrogen (secondary N) is 2. The van der Waals surface area contributed by atoms with E-state index < -0.39 is 6.16 Å². The molecule has 0 fully saturated rings. The molecular weight excluding hydrogens is 456 g/mol. The normalized spacial score (nSPS) is 10.4. The number of hydrogen-bond acceptors (Lipinski definition) is 6. The maximum absolute atomic E-state index is 13.6. The monoisotopic (exact) mass is 484 g/mol. The van der Waals surface area contributed by atoms with E-state index >= 15 is 0 Å². The topological polar surface area (TPSA) is 83.1 Å². The minimum absolute atomic E-state index is 0.208. The van der Waals surface area contributed by atoms with Crippen molar-refractivity contribution in [2.45, 2.75) is 6.92 Å². The summed E-state index contributed by atoms with van der Waals surface area (Å²) in [5, 5.41) is 1.40. The molecule has 0 spiro atoms. The first-order chi connectivity index (χ1) is 17.5. The third-order valence-corrected chi connectivity index (χ3v) is 5.47. The number of anilines is 4. The molecular formula is C28H28N4O4. The lowest BCUT2D eigenvalue weighted by Crippen LogP contribution is -2.40. The van der Waals surface area contributed by atoms with Crippen LogP contribution in [0.2, 0.25) is 0 Å². The average molecular weight is 485 g/mol. The summed E-state index contributed by atoms with van der Waals surface area (Å²) in [7, 11) is 3.91. The summed E-state index contributed by atoms with van der Waals surface area (Å²) in [6.07, 6.45) is -0.781. The van der Waals surface area contributed by atoms with Crippen molar-refractivity contribution in [2.24, 2.45) is 0 Å². The van der Waals surface area contributed by atoms with Gasteiger partial charge in [-0.3, -0.25) is 15.8 Å². The van der Waals surface area contributed by atoms with Crippen LogP contribution in [0.3, 0.4) is 0 Å². The fourth-order valence-electron chi connectivity index (χ4n) is 3.75. The van der Waals surface area contributed by atoms with Crippen LogP contribution in [0.4, 0.5) is 32.3 Å². The second-order valence-electron chi connectivity index (χ2n) is 8.08. The van der Waals surface area contributed by atoms with Crippen molar-refractivity contribution in [3.63, 3.8) is 0 Å². The summed E-state index contributed by atoms with van der Waals surface area (Å²) < 4.78 is 10.4. The fourth-order valence-corrected chi connectivity index (χ4v) is 3.75. The number of para-hydroxylation sites is 1. The molecule has 0 aliphatic heterocycles. The van der Waals surface area contributed by atoms with Crippen LogP contribution in [0.5, 0.6) is 5.75 Å². The second kappa shape index (κ2) is 11.1. The zero-order chi connectivity index (χ0) is 25.5. The molecule has 8 nitrogen and oxygen atoms in total.